The number of aryl methyl sites for hydroxylation is 1. The summed E-state index contributed by atoms with van der Waals surface area (Å²) in [5.41, 5.74) is 1.02. The number of thiophene rings is 1. The van der Waals surface area contributed by atoms with Gasteiger partial charge in [0, 0.05) is 19.6 Å². The molecule has 1 aliphatic rings. The number of hydrogen-bond acceptors (Lipinski definition) is 4. The third kappa shape index (κ3) is 5.15. The number of hydrogen-bond donors (Lipinski definition) is 1. The predicted molar refractivity (Wildman–Crippen MR) is 104 cm³/mol. The first-order chi connectivity index (χ1) is 13.0. The molecule has 1 aliphatic heterocycles. The number of benzene rings is 1. The Balaban J connectivity index is 1.47. The number of nitrogens with zero attached hydrogens (tertiary/aromatic N) is 1. The topological polar surface area (TPSA) is 66.5 Å². The Labute approximate surface area is 163 Å². The molecule has 1 saturated heterocycles. The van der Waals surface area contributed by atoms with Gasteiger partial charge in [0.1, 0.15) is 10.0 Å². The quantitative estimate of drug-likeness (QED) is 0.714. The molecule has 3 rings (SSSR count). The fourth-order valence-corrected chi connectivity index (χ4v) is 5.88. The lowest BCUT2D eigenvalue weighted by atomic mass is 9.99. The molecule has 0 unspecified atom stereocenters. The molecular weight excluding hydrogens is 387 g/mol. The molecule has 1 fully saturated rings. The molecule has 0 aliphatic carbocycles. The van der Waals surface area contributed by atoms with E-state index >= 15 is 0 Å². The molecule has 1 aromatic heterocycles. The van der Waals surface area contributed by atoms with E-state index in [0.717, 1.165) is 18.4 Å². The Bertz CT molecular complexity index is 852. The fourth-order valence-electron chi connectivity index (χ4n) is 3.21. The minimum absolute atomic E-state index is 0.0971. The molecule has 0 bridgehead atoms. The van der Waals surface area contributed by atoms with E-state index in [1.807, 2.05) is 0 Å². The Morgan fingerprint density at radius 1 is 1.26 bits per heavy atom. The van der Waals surface area contributed by atoms with Crippen LogP contribution in [0.15, 0.2) is 46.0 Å². The summed E-state index contributed by atoms with van der Waals surface area (Å²) in [6, 6.07) is 9.65. The number of amides is 1. The Hall–Kier alpha value is -1.77. The second-order valence-corrected chi connectivity index (χ2v) is 9.77. The normalized spacial score (nSPS) is 18.3. The molecule has 1 N–H and O–H groups in total. The van der Waals surface area contributed by atoms with Gasteiger partial charge < -0.3 is 5.32 Å². The van der Waals surface area contributed by atoms with Gasteiger partial charge in [-0.15, -0.1) is 11.3 Å². The number of carbonyl (C=O) groups is 1. The SMILES string of the molecule is O=C(NCCCc1ccc(F)cc1)[C@@H]1CCCN(S(=O)(=O)c2cccs2)C1. The van der Waals surface area contributed by atoms with Gasteiger partial charge in [-0.1, -0.05) is 18.2 Å². The molecule has 8 heteroatoms. The van der Waals surface area contributed by atoms with E-state index < -0.39 is 10.0 Å². The lowest BCUT2D eigenvalue weighted by Gasteiger charge is -2.30. The van der Waals surface area contributed by atoms with Crippen molar-refractivity contribution in [2.24, 2.45) is 5.92 Å². The van der Waals surface area contributed by atoms with Crippen LogP contribution in [-0.2, 0) is 21.2 Å². The van der Waals surface area contributed by atoms with Crippen LogP contribution in [0.2, 0.25) is 0 Å². The molecule has 1 aromatic carbocycles. The Morgan fingerprint density at radius 2 is 2.04 bits per heavy atom. The highest BCUT2D eigenvalue weighted by atomic mass is 32.2. The summed E-state index contributed by atoms with van der Waals surface area (Å²) in [4.78, 5) is 12.4. The number of carbonyl (C=O) groups excluding carboxylic acids is 1. The number of piperidine rings is 1. The smallest absolute Gasteiger partial charge is 0.252 e. The zero-order valence-corrected chi connectivity index (χ0v) is 16.6. The standard InChI is InChI=1S/C19H23FN2O3S2/c20-17-9-7-15(8-10-17)4-1-11-21-19(23)16-5-2-12-22(14-16)27(24,25)18-6-3-13-26-18/h3,6-10,13,16H,1-2,4-5,11-12,14H2,(H,21,23)/t16-/m1/s1. The Kier molecular flexibility index (Phi) is 6.62. The van der Waals surface area contributed by atoms with Gasteiger partial charge in [-0.05, 0) is 54.8 Å². The van der Waals surface area contributed by atoms with E-state index in [0.29, 0.717) is 30.1 Å². The third-order valence-electron chi connectivity index (χ3n) is 4.70. The first kappa shape index (κ1) is 20.0. The van der Waals surface area contributed by atoms with Crippen LogP contribution in [-0.4, -0.2) is 38.3 Å². The van der Waals surface area contributed by atoms with Gasteiger partial charge in [-0.25, -0.2) is 12.8 Å². The van der Waals surface area contributed by atoms with Gasteiger partial charge in [0.05, 0.1) is 5.92 Å². The van der Waals surface area contributed by atoms with Crippen molar-refractivity contribution in [3.63, 3.8) is 0 Å². The van der Waals surface area contributed by atoms with Crippen molar-refractivity contribution in [2.45, 2.75) is 29.9 Å². The van der Waals surface area contributed by atoms with Gasteiger partial charge in [-0.2, -0.15) is 4.31 Å². The van der Waals surface area contributed by atoms with Crippen LogP contribution in [0, 0.1) is 11.7 Å². The maximum absolute atomic E-state index is 12.9. The van der Waals surface area contributed by atoms with Crippen molar-refractivity contribution >= 4 is 27.3 Å². The average molecular weight is 411 g/mol. The minimum Gasteiger partial charge on any atom is -0.356 e. The summed E-state index contributed by atoms with van der Waals surface area (Å²) < 4.78 is 39.9. The largest absolute Gasteiger partial charge is 0.356 e. The van der Waals surface area contributed by atoms with E-state index in [9.17, 15) is 17.6 Å². The summed E-state index contributed by atoms with van der Waals surface area (Å²) in [7, 11) is -3.51. The first-order valence-electron chi connectivity index (χ1n) is 9.02. The van der Waals surface area contributed by atoms with Crippen molar-refractivity contribution in [2.75, 3.05) is 19.6 Å². The van der Waals surface area contributed by atoms with Crippen molar-refractivity contribution in [3.05, 3.63) is 53.2 Å². The molecular formula is C19H23FN2O3S2. The lowest BCUT2D eigenvalue weighted by Crippen LogP contribution is -2.45. The summed E-state index contributed by atoms with van der Waals surface area (Å²) >= 11 is 1.20. The summed E-state index contributed by atoms with van der Waals surface area (Å²) in [6.45, 7) is 1.20. The number of rotatable bonds is 7. The maximum atomic E-state index is 12.9. The molecule has 27 heavy (non-hydrogen) atoms. The zero-order chi connectivity index (χ0) is 19.3. The highest BCUT2D eigenvalue weighted by Gasteiger charge is 2.33. The summed E-state index contributed by atoms with van der Waals surface area (Å²) in [5, 5.41) is 4.65. The van der Waals surface area contributed by atoms with E-state index in [2.05, 4.69) is 5.32 Å². The van der Waals surface area contributed by atoms with E-state index in [4.69, 9.17) is 0 Å². The highest BCUT2D eigenvalue weighted by Crippen LogP contribution is 2.26. The van der Waals surface area contributed by atoms with Crippen LogP contribution in [0.4, 0.5) is 4.39 Å². The van der Waals surface area contributed by atoms with Gasteiger partial charge in [0.2, 0.25) is 5.91 Å². The van der Waals surface area contributed by atoms with Crippen LogP contribution >= 0.6 is 11.3 Å². The van der Waals surface area contributed by atoms with Crippen LogP contribution in [0.25, 0.3) is 0 Å². The molecule has 1 atom stereocenters. The Morgan fingerprint density at radius 3 is 2.74 bits per heavy atom. The molecule has 146 valence electrons. The number of sulfonamides is 1. The lowest BCUT2D eigenvalue weighted by molar-refractivity contribution is -0.126. The second-order valence-electron chi connectivity index (χ2n) is 6.66. The van der Waals surface area contributed by atoms with E-state index in [1.165, 1.54) is 27.8 Å². The molecule has 0 spiro atoms. The van der Waals surface area contributed by atoms with Crippen molar-refractivity contribution < 1.29 is 17.6 Å². The molecule has 1 amide bonds. The van der Waals surface area contributed by atoms with E-state index in [1.54, 1.807) is 29.6 Å². The van der Waals surface area contributed by atoms with Gasteiger partial charge in [0.15, 0.2) is 0 Å². The number of nitrogens with one attached hydrogen (secondary N) is 1. The third-order valence-corrected chi connectivity index (χ3v) is 7.94. The van der Waals surface area contributed by atoms with E-state index in [-0.39, 0.29) is 24.2 Å². The van der Waals surface area contributed by atoms with Crippen LogP contribution in [0.5, 0.6) is 0 Å². The fraction of sp³-hybridized carbons (Fsp3) is 0.421. The van der Waals surface area contributed by atoms with Crippen molar-refractivity contribution in [3.8, 4) is 0 Å². The monoisotopic (exact) mass is 410 g/mol. The van der Waals surface area contributed by atoms with Crippen LogP contribution in [0.3, 0.4) is 0 Å². The minimum atomic E-state index is -3.51. The molecule has 2 aromatic rings. The number of halogens is 1. The first-order valence-corrected chi connectivity index (χ1v) is 11.3. The predicted octanol–water partition coefficient (Wildman–Crippen LogP) is 3.04. The van der Waals surface area contributed by atoms with Crippen LogP contribution < -0.4 is 5.32 Å². The average Bonchev–Trinajstić information content (AvgIpc) is 3.22. The molecule has 0 radical (unpaired) electrons. The van der Waals surface area contributed by atoms with Crippen molar-refractivity contribution in [1.29, 1.82) is 0 Å². The zero-order valence-electron chi connectivity index (χ0n) is 14.9. The summed E-state index contributed by atoms with van der Waals surface area (Å²) in [6.07, 6.45) is 2.88. The molecule has 5 nitrogen and oxygen atoms in total. The summed E-state index contributed by atoms with van der Waals surface area (Å²) in [5.74, 6) is -0.675. The second kappa shape index (κ2) is 8.95. The van der Waals surface area contributed by atoms with Gasteiger partial charge in [-0.3, -0.25) is 4.79 Å². The van der Waals surface area contributed by atoms with Gasteiger partial charge in [0.25, 0.3) is 10.0 Å². The molecule has 2 heterocycles. The van der Waals surface area contributed by atoms with Gasteiger partial charge >= 0.3 is 0 Å². The maximum Gasteiger partial charge on any atom is 0.252 e. The molecule has 0 saturated carbocycles. The highest BCUT2D eigenvalue weighted by molar-refractivity contribution is 7.91. The van der Waals surface area contributed by atoms with Crippen LogP contribution in [0.1, 0.15) is 24.8 Å². The van der Waals surface area contributed by atoms with Crippen molar-refractivity contribution in [1.82, 2.24) is 9.62 Å².